The molecule has 0 saturated carbocycles. The molecule has 0 aromatic heterocycles. The van der Waals surface area contributed by atoms with Gasteiger partial charge in [-0.15, -0.1) is 0 Å². The van der Waals surface area contributed by atoms with Gasteiger partial charge in [0.15, 0.2) is 0 Å². The van der Waals surface area contributed by atoms with Gasteiger partial charge in [-0.1, -0.05) is 12.1 Å². The highest BCUT2D eigenvalue weighted by molar-refractivity contribution is 5.76. The second-order valence-corrected chi connectivity index (χ2v) is 4.27. The number of nitrogens with one attached hydrogen (secondary N) is 2. The molecule has 0 aliphatic heterocycles. The summed E-state index contributed by atoms with van der Waals surface area (Å²) in [7, 11) is 3.53. The molecule has 0 radical (unpaired) electrons. The van der Waals surface area contributed by atoms with Crippen LogP contribution < -0.4 is 15.4 Å². The van der Waals surface area contributed by atoms with Crippen LogP contribution in [-0.4, -0.2) is 26.6 Å². The zero-order chi connectivity index (χ0) is 13.4. The zero-order valence-electron chi connectivity index (χ0n) is 11.3. The number of amides is 1. The number of hydrogen-bond donors (Lipinski definition) is 2. The Bertz CT molecular complexity index is 363. The molecule has 1 aromatic carbocycles. The number of carbonyl (C=O) groups excluding carboxylic acids is 1. The molecule has 0 fully saturated rings. The number of carbonyl (C=O) groups is 1. The second kappa shape index (κ2) is 7.71. The van der Waals surface area contributed by atoms with E-state index in [-0.39, 0.29) is 11.9 Å². The molecule has 2 N–H and O–H groups in total. The van der Waals surface area contributed by atoms with Crippen molar-refractivity contribution in [3.05, 3.63) is 29.8 Å². The third kappa shape index (κ3) is 4.75. The quantitative estimate of drug-likeness (QED) is 0.726. The van der Waals surface area contributed by atoms with E-state index < -0.39 is 0 Å². The van der Waals surface area contributed by atoms with Gasteiger partial charge in [-0.25, -0.2) is 0 Å². The van der Waals surface area contributed by atoms with Crippen molar-refractivity contribution in [2.24, 2.45) is 0 Å². The molecule has 4 heteroatoms. The number of methoxy groups -OCH3 is 1. The van der Waals surface area contributed by atoms with Crippen LogP contribution in [0.1, 0.15) is 31.4 Å². The first-order valence-corrected chi connectivity index (χ1v) is 6.25. The van der Waals surface area contributed by atoms with Crippen LogP contribution in [-0.2, 0) is 4.79 Å². The maximum Gasteiger partial charge on any atom is 0.220 e. The monoisotopic (exact) mass is 250 g/mol. The molecular formula is C14H22N2O2. The van der Waals surface area contributed by atoms with Gasteiger partial charge in [0, 0.05) is 6.42 Å². The molecule has 0 aliphatic carbocycles. The van der Waals surface area contributed by atoms with Gasteiger partial charge in [0.05, 0.1) is 13.2 Å². The Labute approximate surface area is 109 Å². The number of benzene rings is 1. The van der Waals surface area contributed by atoms with Crippen LogP contribution in [0, 0.1) is 0 Å². The molecule has 1 aromatic rings. The normalized spacial score (nSPS) is 11.9. The Morgan fingerprint density at radius 3 is 2.56 bits per heavy atom. The Morgan fingerprint density at radius 2 is 2.00 bits per heavy atom. The summed E-state index contributed by atoms with van der Waals surface area (Å²) in [6.45, 7) is 2.85. The molecule has 4 nitrogen and oxygen atoms in total. The number of ether oxygens (including phenoxy) is 1. The van der Waals surface area contributed by atoms with E-state index in [0.29, 0.717) is 6.42 Å². The summed E-state index contributed by atoms with van der Waals surface area (Å²) in [5, 5.41) is 6.01. The molecule has 100 valence electrons. The summed E-state index contributed by atoms with van der Waals surface area (Å²) in [5.74, 6) is 0.917. The highest BCUT2D eigenvalue weighted by Crippen LogP contribution is 2.17. The second-order valence-electron chi connectivity index (χ2n) is 4.27. The first-order valence-electron chi connectivity index (χ1n) is 6.25. The first kappa shape index (κ1) is 14.5. The predicted molar refractivity (Wildman–Crippen MR) is 72.7 cm³/mol. The molecule has 0 heterocycles. The van der Waals surface area contributed by atoms with E-state index in [9.17, 15) is 4.79 Å². The van der Waals surface area contributed by atoms with E-state index in [1.807, 2.05) is 38.2 Å². The van der Waals surface area contributed by atoms with Crippen molar-refractivity contribution >= 4 is 5.91 Å². The topological polar surface area (TPSA) is 50.4 Å². The van der Waals surface area contributed by atoms with Crippen LogP contribution in [0.5, 0.6) is 5.75 Å². The minimum Gasteiger partial charge on any atom is -0.497 e. The Morgan fingerprint density at radius 1 is 1.33 bits per heavy atom. The number of rotatable bonds is 7. The van der Waals surface area contributed by atoms with Crippen LogP contribution >= 0.6 is 0 Å². The van der Waals surface area contributed by atoms with Gasteiger partial charge in [-0.3, -0.25) is 4.79 Å². The molecule has 1 unspecified atom stereocenters. The largest absolute Gasteiger partial charge is 0.497 e. The van der Waals surface area contributed by atoms with Crippen LogP contribution in [0.3, 0.4) is 0 Å². The van der Waals surface area contributed by atoms with Gasteiger partial charge < -0.3 is 15.4 Å². The third-order valence-corrected chi connectivity index (χ3v) is 2.82. The highest BCUT2D eigenvalue weighted by Gasteiger charge is 2.09. The van der Waals surface area contributed by atoms with Crippen molar-refractivity contribution in [2.75, 3.05) is 20.7 Å². The van der Waals surface area contributed by atoms with Crippen LogP contribution in [0.15, 0.2) is 24.3 Å². The SMILES string of the molecule is CNCCCC(=O)NC(C)c1ccc(OC)cc1. The molecule has 1 amide bonds. The fourth-order valence-corrected chi connectivity index (χ4v) is 1.72. The fourth-order valence-electron chi connectivity index (χ4n) is 1.72. The predicted octanol–water partition coefficient (Wildman–Crippen LogP) is 1.87. The minimum atomic E-state index is 0.0259. The van der Waals surface area contributed by atoms with Crippen LogP contribution in [0.2, 0.25) is 0 Å². The van der Waals surface area contributed by atoms with Crippen molar-refractivity contribution in [1.82, 2.24) is 10.6 Å². The average molecular weight is 250 g/mol. The molecule has 0 saturated heterocycles. The molecule has 0 spiro atoms. The minimum absolute atomic E-state index is 0.0259. The van der Waals surface area contributed by atoms with E-state index in [1.54, 1.807) is 7.11 Å². The summed E-state index contributed by atoms with van der Waals surface area (Å²) < 4.78 is 5.10. The molecule has 1 rings (SSSR count). The van der Waals surface area contributed by atoms with E-state index in [1.165, 1.54) is 0 Å². The first-order chi connectivity index (χ1) is 8.67. The van der Waals surface area contributed by atoms with Gasteiger partial charge in [-0.05, 0) is 44.6 Å². The lowest BCUT2D eigenvalue weighted by molar-refractivity contribution is -0.121. The molecular weight excluding hydrogens is 228 g/mol. The van der Waals surface area contributed by atoms with Gasteiger partial charge in [0.25, 0.3) is 0 Å². The Balaban J connectivity index is 2.43. The van der Waals surface area contributed by atoms with Gasteiger partial charge >= 0.3 is 0 Å². The third-order valence-electron chi connectivity index (χ3n) is 2.82. The lowest BCUT2D eigenvalue weighted by Gasteiger charge is -2.14. The van der Waals surface area contributed by atoms with Crippen molar-refractivity contribution < 1.29 is 9.53 Å². The Kier molecular flexibility index (Phi) is 6.22. The van der Waals surface area contributed by atoms with Crippen molar-refractivity contribution in [2.45, 2.75) is 25.8 Å². The maximum atomic E-state index is 11.7. The zero-order valence-corrected chi connectivity index (χ0v) is 11.3. The van der Waals surface area contributed by atoms with E-state index in [0.717, 1.165) is 24.3 Å². The molecule has 18 heavy (non-hydrogen) atoms. The van der Waals surface area contributed by atoms with Crippen LogP contribution in [0.25, 0.3) is 0 Å². The van der Waals surface area contributed by atoms with Gasteiger partial charge in [0.2, 0.25) is 5.91 Å². The fraction of sp³-hybridized carbons (Fsp3) is 0.500. The lowest BCUT2D eigenvalue weighted by Crippen LogP contribution is -2.27. The van der Waals surface area contributed by atoms with Crippen molar-refractivity contribution in [1.29, 1.82) is 0 Å². The summed E-state index contributed by atoms with van der Waals surface area (Å²) >= 11 is 0. The van der Waals surface area contributed by atoms with Crippen molar-refractivity contribution in [3.63, 3.8) is 0 Å². The molecule has 1 atom stereocenters. The average Bonchev–Trinajstić information content (AvgIpc) is 2.39. The summed E-state index contributed by atoms with van der Waals surface area (Å²) in [6, 6.07) is 7.77. The summed E-state index contributed by atoms with van der Waals surface area (Å²) in [5.41, 5.74) is 1.08. The van der Waals surface area contributed by atoms with Gasteiger partial charge in [-0.2, -0.15) is 0 Å². The highest BCUT2D eigenvalue weighted by atomic mass is 16.5. The van der Waals surface area contributed by atoms with E-state index in [4.69, 9.17) is 4.74 Å². The molecule has 0 bridgehead atoms. The Hall–Kier alpha value is -1.55. The summed E-state index contributed by atoms with van der Waals surface area (Å²) in [6.07, 6.45) is 1.42. The van der Waals surface area contributed by atoms with Gasteiger partial charge in [0.1, 0.15) is 5.75 Å². The van der Waals surface area contributed by atoms with E-state index in [2.05, 4.69) is 10.6 Å². The van der Waals surface area contributed by atoms with Crippen LogP contribution in [0.4, 0.5) is 0 Å². The lowest BCUT2D eigenvalue weighted by atomic mass is 10.1. The standard InChI is InChI=1S/C14H22N2O2/c1-11(16-14(17)5-4-10-15-2)12-6-8-13(18-3)9-7-12/h6-9,11,15H,4-5,10H2,1-3H3,(H,16,17). The smallest absolute Gasteiger partial charge is 0.220 e. The summed E-state index contributed by atoms with van der Waals surface area (Å²) in [4.78, 5) is 11.7. The van der Waals surface area contributed by atoms with Crippen molar-refractivity contribution in [3.8, 4) is 5.75 Å². The maximum absolute atomic E-state index is 11.7. The molecule has 0 aliphatic rings. The van der Waals surface area contributed by atoms with E-state index >= 15 is 0 Å². The number of hydrogen-bond acceptors (Lipinski definition) is 3.